The van der Waals surface area contributed by atoms with E-state index in [4.69, 9.17) is 46.3 Å². The van der Waals surface area contributed by atoms with E-state index in [0.29, 0.717) is 16.9 Å². The van der Waals surface area contributed by atoms with E-state index < -0.39 is 55.3 Å². The number of aromatic nitrogens is 7. The summed E-state index contributed by atoms with van der Waals surface area (Å²) in [5, 5.41) is 0.644. The number of anilines is 2. The Balaban J connectivity index is 1.21. The average molecular weight is 658 g/mol. The minimum absolute atomic E-state index is 0.0300. The Morgan fingerprint density at radius 1 is 1.10 bits per heavy atom. The van der Waals surface area contributed by atoms with Crippen LogP contribution in [0.15, 0.2) is 29.7 Å². The zero-order valence-electron chi connectivity index (χ0n) is 21.5. The van der Waals surface area contributed by atoms with Crippen molar-refractivity contribution in [3.8, 4) is 0 Å². The van der Waals surface area contributed by atoms with Crippen molar-refractivity contribution in [1.82, 2.24) is 34.1 Å². The van der Waals surface area contributed by atoms with Crippen LogP contribution in [0.4, 0.5) is 11.8 Å². The lowest BCUT2D eigenvalue weighted by molar-refractivity contribution is -0.0360. The third kappa shape index (κ3) is 4.96. The molecule has 4 unspecified atom stereocenters. The quantitative estimate of drug-likeness (QED) is 0.152. The maximum absolute atomic E-state index is 13.3. The molecule has 4 aromatic rings. The monoisotopic (exact) mass is 657 g/mol. The third-order valence-electron chi connectivity index (χ3n) is 7.46. The van der Waals surface area contributed by atoms with E-state index in [1.54, 1.807) is 16.8 Å². The summed E-state index contributed by atoms with van der Waals surface area (Å²) in [6, 6.07) is 1.77. The van der Waals surface area contributed by atoms with Gasteiger partial charge in [-0.05, 0) is 24.3 Å². The molecule has 0 aliphatic carbocycles. The largest absolute Gasteiger partial charge is 0.386 e. The van der Waals surface area contributed by atoms with Crippen LogP contribution in [0, 0.1) is 0 Å². The summed E-state index contributed by atoms with van der Waals surface area (Å²) in [5.74, 6) is 0.197. The summed E-state index contributed by atoms with van der Waals surface area (Å²) in [6.45, 7) is -7.91. The van der Waals surface area contributed by atoms with Crippen LogP contribution in [0.25, 0.3) is 22.2 Å². The number of nitrogens with two attached hydrogens (primary N) is 2. The van der Waals surface area contributed by atoms with E-state index in [2.05, 4.69) is 37.2 Å². The van der Waals surface area contributed by atoms with Gasteiger partial charge in [-0.25, -0.2) is 19.5 Å². The summed E-state index contributed by atoms with van der Waals surface area (Å²) in [7, 11) is 0. The van der Waals surface area contributed by atoms with Crippen LogP contribution in [-0.2, 0) is 39.4 Å². The second kappa shape index (κ2) is 10.3. The van der Waals surface area contributed by atoms with Crippen LogP contribution in [-0.4, -0.2) is 76.1 Å². The summed E-state index contributed by atoms with van der Waals surface area (Å²) >= 11 is 9.86. The van der Waals surface area contributed by atoms with Gasteiger partial charge >= 0.3 is 6.80 Å². The number of hydrogen-bond acceptors (Lipinski definition) is 14. The molecule has 2 bridgehead atoms. The minimum atomic E-state index is -3.91. The molecule has 3 fully saturated rings. The molecule has 8 atom stereocenters. The fraction of sp³-hybridized carbons (Fsp3) is 0.476. The van der Waals surface area contributed by atoms with Crippen LogP contribution < -0.4 is 17.0 Å². The van der Waals surface area contributed by atoms with Crippen molar-refractivity contribution >= 4 is 71.3 Å². The molecule has 3 aliphatic heterocycles. The molecule has 0 saturated carbocycles. The molecule has 21 heteroatoms. The van der Waals surface area contributed by atoms with Gasteiger partial charge in [0.25, 0.3) is 5.56 Å². The molecule has 17 nitrogen and oxygen atoms in total. The Morgan fingerprint density at radius 3 is 2.76 bits per heavy atom. The lowest BCUT2D eigenvalue weighted by Gasteiger charge is -2.29. The van der Waals surface area contributed by atoms with Crippen molar-refractivity contribution in [2.45, 2.75) is 49.3 Å². The van der Waals surface area contributed by atoms with Gasteiger partial charge in [-0.15, -0.1) is 0 Å². The van der Waals surface area contributed by atoms with Crippen LogP contribution in [0.2, 0.25) is 0 Å². The van der Waals surface area contributed by atoms with Crippen molar-refractivity contribution in [3.05, 3.63) is 35.3 Å². The van der Waals surface area contributed by atoms with Gasteiger partial charge in [-0.1, -0.05) is 12.2 Å². The highest BCUT2D eigenvalue weighted by Crippen LogP contribution is 2.61. The molecule has 6 N–H and O–H groups in total. The topological polar surface area (TPSA) is 230 Å². The van der Waals surface area contributed by atoms with E-state index in [1.165, 1.54) is 17.2 Å². The third-order valence-corrected chi connectivity index (χ3v) is 12.0. The first-order chi connectivity index (χ1) is 20.0. The van der Waals surface area contributed by atoms with E-state index in [0.717, 1.165) is 0 Å². The van der Waals surface area contributed by atoms with Crippen molar-refractivity contribution in [1.29, 1.82) is 0 Å². The Labute approximate surface area is 246 Å². The standard InChI is InChI=1S/C21H25N9O8P2S2/c22-16-10-1-2-29(17(10)25-7-24-16)14-4-11-12(37-14)6-34-39(32,41)13-3-9(5-35-40(33,42)38-11)36-20(13)30-8-26-15-18(30)27-21(23)28-19(15)31/h1-2,7-9,11-14,20H,3-6H2,(H,32,41)(H,33,42)(H2,22,24,25)(H3,23,27,28,31)/t9?,11-,12?,13+,14+,20+,39?,40?/m0/s1. The molecule has 42 heavy (non-hydrogen) atoms. The van der Waals surface area contributed by atoms with E-state index in [1.807, 2.05) is 0 Å². The number of imidazole rings is 1. The summed E-state index contributed by atoms with van der Waals surface area (Å²) in [6.07, 6.45) is 1.03. The Kier molecular flexibility index (Phi) is 6.97. The first kappa shape index (κ1) is 28.3. The van der Waals surface area contributed by atoms with E-state index >= 15 is 0 Å². The van der Waals surface area contributed by atoms with Gasteiger partial charge < -0.3 is 34.9 Å². The number of H-pyrrole nitrogens is 1. The molecule has 0 spiro atoms. The van der Waals surface area contributed by atoms with E-state index in [9.17, 15) is 14.3 Å². The molecule has 224 valence electrons. The predicted octanol–water partition coefficient (Wildman–Crippen LogP) is 1.44. The summed E-state index contributed by atoms with van der Waals surface area (Å²) in [5.41, 5.74) is 11.2. The molecule has 3 saturated heterocycles. The number of fused-ring (bicyclic) bond motifs is 5. The smallest absolute Gasteiger partial charge is 0.383 e. The number of nitrogens with zero attached hydrogens (tertiary/aromatic N) is 6. The van der Waals surface area contributed by atoms with Crippen LogP contribution in [0.5, 0.6) is 0 Å². The van der Waals surface area contributed by atoms with Crippen LogP contribution in [0.1, 0.15) is 25.3 Å². The van der Waals surface area contributed by atoms with Gasteiger partial charge in [0.05, 0.1) is 36.7 Å². The second-order valence-corrected chi connectivity index (χ2v) is 16.6. The molecule has 4 aromatic heterocycles. The lowest BCUT2D eigenvalue weighted by Crippen LogP contribution is -2.30. The maximum atomic E-state index is 13.3. The van der Waals surface area contributed by atoms with Gasteiger partial charge in [0.2, 0.25) is 5.95 Å². The van der Waals surface area contributed by atoms with Gasteiger partial charge in [0.15, 0.2) is 17.7 Å². The second-order valence-electron chi connectivity index (χ2n) is 10.1. The highest BCUT2D eigenvalue weighted by Gasteiger charge is 2.49. The predicted molar refractivity (Wildman–Crippen MR) is 155 cm³/mol. The molecule has 7 heterocycles. The SMILES string of the molecule is Nc1nc2c(ncn2[C@@H]2OC3COP(=O)(S)O[C@H]4C[C@H](n5ccc6c(N)ncnc65)OC4COP(O)(=S)[C@@H]2C3)c(=O)[nH]1. The molecular formula is C21H25N9O8P2S2. The fourth-order valence-electron chi connectivity index (χ4n) is 5.52. The number of nitrogens with one attached hydrogen (secondary N) is 1. The fourth-order valence-corrected chi connectivity index (χ4v) is 9.41. The number of aromatic amines is 1. The molecule has 3 aliphatic rings. The summed E-state index contributed by atoms with van der Waals surface area (Å²) in [4.78, 5) is 43.0. The van der Waals surface area contributed by atoms with Crippen molar-refractivity contribution < 1.29 is 32.5 Å². The van der Waals surface area contributed by atoms with Crippen molar-refractivity contribution in [2.75, 3.05) is 24.7 Å². The van der Waals surface area contributed by atoms with Gasteiger partial charge in [0.1, 0.15) is 42.5 Å². The molecule has 0 radical (unpaired) electrons. The number of ether oxygens (including phenoxy) is 2. The number of thiol groups is 1. The average Bonchev–Trinajstić information content (AvgIpc) is 3.70. The first-order valence-electron chi connectivity index (χ1n) is 12.7. The zero-order chi connectivity index (χ0) is 29.4. The zero-order valence-corrected chi connectivity index (χ0v) is 25.0. The van der Waals surface area contributed by atoms with Crippen LogP contribution in [0.3, 0.4) is 0 Å². The molecule has 7 rings (SSSR count). The first-order valence-corrected chi connectivity index (χ1v) is 18.2. The number of rotatable bonds is 2. The highest BCUT2D eigenvalue weighted by atomic mass is 32.7. The van der Waals surface area contributed by atoms with Gasteiger partial charge in [0, 0.05) is 12.6 Å². The molecule has 0 amide bonds. The lowest BCUT2D eigenvalue weighted by atomic mass is 10.2. The normalized spacial score (nSPS) is 35.7. The highest BCUT2D eigenvalue weighted by molar-refractivity contribution is 8.44. The number of nitrogen functional groups attached to an aromatic ring is 2. The molecule has 0 aromatic carbocycles. The van der Waals surface area contributed by atoms with Crippen LogP contribution >= 0.6 is 25.5 Å². The Hall–Kier alpha value is -2.44. The maximum Gasteiger partial charge on any atom is 0.386 e. The number of hydrogen-bond donors (Lipinski definition) is 5. The summed E-state index contributed by atoms with van der Waals surface area (Å²) < 4.78 is 46.5. The van der Waals surface area contributed by atoms with E-state index in [-0.39, 0.29) is 43.2 Å². The molecular weight excluding hydrogens is 632 g/mol. The Morgan fingerprint density at radius 2 is 1.93 bits per heavy atom. The van der Waals surface area contributed by atoms with Gasteiger partial charge in [-0.3, -0.25) is 23.4 Å². The van der Waals surface area contributed by atoms with Gasteiger partial charge in [-0.2, -0.15) is 4.98 Å². The van der Waals surface area contributed by atoms with Crippen molar-refractivity contribution in [2.24, 2.45) is 0 Å². The Bertz CT molecular complexity index is 1850. The minimum Gasteiger partial charge on any atom is -0.383 e. The van der Waals surface area contributed by atoms with Crippen molar-refractivity contribution in [3.63, 3.8) is 0 Å².